The molecule has 0 radical (unpaired) electrons. The zero-order chi connectivity index (χ0) is 10.3. The number of fused-ring (bicyclic) bond motifs is 1. The highest BCUT2D eigenvalue weighted by Gasteiger charge is 2.11. The van der Waals surface area contributed by atoms with Crippen molar-refractivity contribution >= 4 is 22.7 Å². The van der Waals surface area contributed by atoms with Gasteiger partial charge in [-0.05, 0) is 31.5 Å². The first-order valence-corrected chi connectivity index (χ1v) is 4.78. The SMILES string of the molecule is Cc1cc(Cl)cc2nc(C(C)N)oc12. The number of nitrogens with zero attached hydrogens (tertiary/aromatic N) is 1. The summed E-state index contributed by atoms with van der Waals surface area (Å²) in [4.78, 5) is 4.26. The maximum Gasteiger partial charge on any atom is 0.212 e. The number of aryl methyl sites for hydroxylation is 1. The first kappa shape index (κ1) is 9.49. The van der Waals surface area contributed by atoms with Gasteiger partial charge in [-0.2, -0.15) is 0 Å². The summed E-state index contributed by atoms with van der Waals surface area (Å²) in [7, 11) is 0. The van der Waals surface area contributed by atoms with Gasteiger partial charge in [-0.1, -0.05) is 11.6 Å². The fourth-order valence-electron chi connectivity index (χ4n) is 1.37. The summed E-state index contributed by atoms with van der Waals surface area (Å²) in [5.74, 6) is 0.547. The van der Waals surface area contributed by atoms with Crippen molar-refractivity contribution in [2.75, 3.05) is 0 Å². The summed E-state index contributed by atoms with van der Waals surface area (Å²) in [6.45, 7) is 3.77. The van der Waals surface area contributed by atoms with Crippen molar-refractivity contribution in [3.8, 4) is 0 Å². The molecule has 0 aliphatic rings. The van der Waals surface area contributed by atoms with Crippen molar-refractivity contribution in [2.45, 2.75) is 19.9 Å². The summed E-state index contributed by atoms with van der Waals surface area (Å²) < 4.78 is 5.52. The maximum absolute atomic E-state index is 5.90. The minimum Gasteiger partial charge on any atom is -0.439 e. The highest BCUT2D eigenvalue weighted by atomic mass is 35.5. The molecular formula is C10H11ClN2O. The van der Waals surface area contributed by atoms with Crippen LogP contribution in [-0.4, -0.2) is 4.98 Å². The Balaban J connectivity index is 2.70. The minimum absolute atomic E-state index is 0.194. The van der Waals surface area contributed by atoms with Gasteiger partial charge < -0.3 is 10.2 Å². The highest BCUT2D eigenvalue weighted by molar-refractivity contribution is 6.31. The van der Waals surface area contributed by atoms with Crippen LogP contribution in [0.1, 0.15) is 24.4 Å². The predicted molar refractivity (Wildman–Crippen MR) is 56.4 cm³/mol. The van der Waals surface area contributed by atoms with E-state index in [0.29, 0.717) is 10.9 Å². The van der Waals surface area contributed by atoms with Gasteiger partial charge in [0.05, 0.1) is 6.04 Å². The molecule has 2 N–H and O–H groups in total. The molecule has 1 aromatic carbocycles. The van der Waals surface area contributed by atoms with E-state index in [-0.39, 0.29) is 6.04 Å². The molecule has 2 aromatic rings. The van der Waals surface area contributed by atoms with E-state index in [1.165, 1.54) is 0 Å². The zero-order valence-corrected chi connectivity index (χ0v) is 8.80. The number of oxazole rings is 1. The fourth-order valence-corrected chi connectivity index (χ4v) is 1.64. The molecule has 0 aliphatic carbocycles. The number of nitrogens with two attached hydrogens (primary N) is 1. The summed E-state index contributed by atoms with van der Waals surface area (Å²) in [6, 6.07) is 3.43. The second-order valence-corrected chi connectivity index (χ2v) is 3.85. The van der Waals surface area contributed by atoms with Crippen LogP contribution < -0.4 is 5.73 Å². The van der Waals surface area contributed by atoms with Crippen LogP contribution in [0.25, 0.3) is 11.1 Å². The molecule has 3 nitrogen and oxygen atoms in total. The second-order valence-electron chi connectivity index (χ2n) is 3.41. The molecule has 2 rings (SSSR count). The summed E-state index contributed by atoms with van der Waals surface area (Å²) in [5.41, 5.74) is 8.19. The first-order chi connectivity index (χ1) is 6.58. The molecule has 0 saturated heterocycles. The summed E-state index contributed by atoms with van der Waals surface area (Å²) in [5, 5.41) is 0.666. The quantitative estimate of drug-likeness (QED) is 0.788. The van der Waals surface area contributed by atoms with E-state index in [2.05, 4.69) is 4.98 Å². The Hall–Kier alpha value is -1.06. The Kier molecular flexibility index (Phi) is 2.21. The normalized spacial score (nSPS) is 13.4. The third kappa shape index (κ3) is 1.49. The van der Waals surface area contributed by atoms with Gasteiger partial charge in [0.1, 0.15) is 5.52 Å². The molecule has 0 fully saturated rings. The number of halogens is 1. The lowest BCUT2D eigenvalue weighted by Crippen LogP contribution is -2.04. The van der Waals surface area contributed by atoms with Gasteiger partial charge in [0.15, 0.2) is 5.58 Å². The lowest BCUT2D eigenvalue weighted by Gasteiger charge is -1.95. The first-order valence-electron chi connectivity index (χ1n) is 4.40. The average Bonchev–Trinajstić information content (AvgIpc) is 2.47. The summed E-state index contributed by atoms with van der Waals surface area (Å²) >= 11 is 5.90. The number of aromatic nitrogens is 1. The van der Waals surface area contributed by atoms with Gasteiger partial charge in [-0.15, -0.1) is 0 Å². The molecule has 0 saturated carbocycles. The van der Waals surface area contributed by atoms with Crippen molar-refractivity contribution in [2.24, 2.45) is 5.73 Å². The number of rotatable bonds is 1. The number of benzene rings is 1. The Morgan fingerprint density at radius 1 is 1.50 bits per heavy atom. The van der Waals surface area contributed by atoms with Crippen LogP contribution in [0.15, 0.2) is 16.5 Å². The number of hydrogen-bond acceptors (Lipinski definition) is 3. The van der Waals surface area contributed by atoms with Gasteiger partial charge in [0.25, 0.3) is 0 Å². The molecule has 1 aromatic heterocycles. The van der Waals surface area contributed by atoms with Gasteiger partial charge >= 0.3 is 0 Å². The molecule has 0 aliphatic heterocycles. The van der Waals surface area contributed by atoms with Crippen LogP contribution >= 0.6 is 11.6 Å². The molecule has 74 valence electrons. The third-order valence-electron chi connectivity index (χ3n) is 2.05. The van der Waals surface area contributed by atoms with E-state index in [9.17, 15) is 0 Å². The third-order valence-corrected chi connectivity index (χ3v) is 2.26. The molecule has 1 heterocycles. The Morgan fingerprint density at radius 2 is 2.21 bits per heavy atom. The molecule has 14 heavy (non-hydrogen) atoms. The lowest BCUT2D eigenvalue weighted by atomic mass is 10.2. The lowest BCUT2D eigenvalue weighted by molar-refractivity contribution is 0.491. The van der Waals surface area contributed by atoms with E-state index in [0.717, 1.165) is 16.7 Å². The fraction of sp³-hybridized carbons (Fsp3) is 0.300. The van der Waals surface area contributed by atoms with Gasteiger partial charge in [-0.3, -0.25) is 0 Å². The van der Waals surface area contributed by atoms with Crippen LogP contribution in [0, 0.1) is 6.92 Å². The van der Waals surface area contributed by atoms with Crippen molar-refractivity contribution in [3.05, 3.63) is 28.6 Å². The van der Waals surface area contributed by atoms with E-state index < -0.39 is 0 Å². The van der Waals surface area contributed by atoms with Crippen molar-refractivity contribution in [3.63, 3.8) is 0 Å². The van der Waals surface area contributed by atoms with Crippen molar-refractivity contribution < 1.29 is 4.42 Å². The van der Waals surface area contributed by atoms with Crippen LogP contribution in [0.3, 0.4) is 0 Å². The van der Waals surface area contributed by atoms with E-state index in [4.69, 9.17) is 21.8 Å². The Morgan fingerprint density at radius 3 is 2.86 bits per heavy atom. The van der Waals surface area contributed by atoms with Crippen molar-refractivity contribution in [1.82, 2.24) is 4.98 Å². The maximum atomic E-state index is 5.90. The topological polar surface area (TPSA) is 52.0 Å². The molecule has 0 amide bonds. The molecule has 1 unspecified atom stereocenters. The zero-order valence-electron chi connectivity index (χ0n) is 8.04. The van der Waals surface area contributed by atoms with Crippen LogP contribution in [0.5, 0.6) is 0 Å². The van der Waals surface area contributed by atoms with Crippen LogP contribution in [0.4, 0.5) is 0 Å². The molecular weight excluding hydrogens is 200 g/mol. The van der Waals surface area contributed by atoms with Crippen molar-refractivity contribution in [1.29, 1.82) is 0 Å². The largest absolute Gasteiger partial charge is 0.439 e. The smallest absolute Gasteiger partial charge is 0.212 e. The highest BCUT2D eigenvalue weighted by Crippen LogP contribution is 2.25. The van der Waals surface area contributed by atoms with E-state index in [1.54, 1.807) is 6.07 Å². The van der Waals surface area contributed by atoms with E-state index in [1.807, 2.05) is 19.9 Å². The minimum atomic E-state index is -0.194. The predicted octanol–water partition coefficient (Wildman–Crippen LogP) is 2.81. The second kappa shape index (κ2) is 3.26. The van der Waals surface area contributed by atoms with Gasteiger partial charge in [0, 0.05) is 5.02 Å². The summed E-state index contributed by atoms with van der Waals surface area (Å²) in [6.07, 6.45) is 0. The molecule has 1 atom stereocenters. The standard InChI is InChI=1S/C10H11ClN2O/c1-5-3-7(11)4-8-9(5)14-10(13-8)6(2)12/h3-4,6H,12H2,1-2H3. The van der Waals surface area contributed by atoms with Crippen LogP contribution in [0.2, 0.25) is 5.02 Å². The molecule has 0 spiro atoms. The molecule has 4 heteroatoms. The monoisotopic (exact) mass is 210 g/mol. The Labute approximate surface area is 86.9 Å². The van der Waals surface area contributed by atoms with Crippen LogP contribution in [-0.2, 0) is 0 Å². The number of hydrogen-bond donors (Lipinski definition) is 1. The average molecular weight is 211 g/mol. The van der Waals surface area contributed by atoms with Gasteiger partial charge in [-0.25, -0.2) is 4.98 Å². The van der Waals surface area contributed by atoms with Gasteiger partial charge in [0.2, 0.25) is 5.89 Å². The molecule has 0 bridgehead atoms. The Bertz CT molecular complexity index is 476. The van der Waals surface area contributed by atoms with E-state index >= 15 is 0 Å².